The largest absolute Gasteiger partial charge is 0.309 e. The SMILES string of the molecule is CC1(C)c2ccccc2-c2ccc(-c3ccc(-c4nc(-c5ccccc5)nc(-c5ccc(-c6ccc(-c7cccc8c(-c9ccccc9)nc9ccccc9c78)cc6)cc5)n4)cc3)cc21.O=P(c1ccccc1)(c1ccccc1)c1ccc(-c2nc(-c3ccccc3)nc(-c3ccc(-c4ccc(-c5cccc6c(-c7ccccc7)nc7ccccc7c56)cc4)cc3)n2)cc1. The van der Waals surface area contributed by atoms with Crippen LogP contribution >= 0.6 is 7.14 Å². The van der Waals surface area contributed by atoms with Crippen LogP contribution < -0.4 is 15.9 Å². The number of hydrogen-bond acceptors (Lipinski definition) is 9. The summed E-state index contributed by atoms with van der Waals surface area (Å²) in [5, 5.41) is 9.30. The second kappa shape index (κ2) is 33.6. The maximum Gasteiger partial charge on any atom is 0.171 e. The van der Waals surface area contributed by atoms with Gasteiger partial charge in [0.15, 0.2) is 42.1 Å². The lowest BCUT2D eigenvalue weighted by atomic mass is 9.81. The fourth-order valence-electron chi connectivity index (χ4n) is 18.4. The number of nitrogens with zero attached hydrogens (tertiary/aromatic N) is 8. The van der Waals surface area contributed by atoms with E-state index in [9.17, 15) is 0 Å². The predicted octanol–water partition coefficient (Wildman–Crippen LogP) is 28.8. The van der Waals surface area contributed by atoms with Crippen molar-refractivity contribution in [3.63, 3.8) is 0 Å². The zero-order valence-electron chi connectivity index (χ0n) is 70.7. The van der Waals surface area contributed by atoms with E-state index in [0.717, 1.165) is 143 Å². The van der Waals surface area contributed by atoms with Crippen LogP contribution in [0.15, 0.2) is 455 Å². The molecule has 18 aromatic carbocycles. The van der Waals surface area contributed by atoms with Gasteiger partial charge in [-0.2, -0.15) is 0 Å². The van der Waals surface area contributed by atoms with Gasteiger partial charge in [-0.15, -0.1) is 0 Å². The van der Waals surface area contributed by atoms with E-state index in [-0.39, 0.29) is 5.41 Å². The quantitative estimate of drug-likeness (QED) is 0.0688. The van der Waals surface area contributed by atoms with Crippen LogP contribution in [0.1, 0.15) is 25.0 Å². The molecule has 1 aliphatic carbocycles. The fraction of sp³-hybridized carbons (Fsp3) is 0.0252. The first kappa shape index (κ1) is 78.5. The van der Waals surface area contributed by atoms with Gasteiger partial charge in [0.2, 0.25) is 0 Å². The summed E-state index contributed by atoms with van der Waals surface area (Å²) in [4.78, 5) is 40.4. The fourth-order valence-corrected chi connectivity index (χ4v) is 21.0. The Morgan fingerprint density at radius 3 is 0.822 bits per heavy atom. The van der Waals surface area contributed by atoms with Crippen LogP contribution in [0, 0.1) is 0 Å². The molecule has 23 rings (SSSR count). The van der Waals surface area contributed by atoms with Crippen LogP contribution in [-0.4, -0.2) is 39.9 Å². The molecular weight excluding hydrogens is 1590 g/mol. The average Bonchev–Trinajstić information content (AvgIpc) is 1.70. The number of rotatable bonds is 16. The van der Waals surface area contributed by atoms with Gasteiger partial charge in [-0.3, -0.25) is 0 Å². The normalized spacial score (nSPS) is 12.0. The molecule has 0 aliphatic heterocycles. The van der Waals surface area contributed by atoms with E-state index in [0.29, 0.717) is 34.9 Å². The molecule has 4 heterocycles. The van der Waals surface area contributed by atoms with Gasteiger partial charge in [0.1, 0.15) is 0 Å². The number of pyridine rings is 2. The summed E-state index contributed by atoms with van der Waals surface area (Å²) in [6.45, 7) is 4.65. The molecule has 0 bridgehead atoms. The van der Waals surface area contributed by atoms with E-state index in [4.69, 9.17) is 39.9 Å². The molecule has 0 unspecified atom stereocenters. The molecule has 4 aromatic heterocycles. The molecule has 129 heavy (non-hydrogen) atoms. The van der Waals surface area contributed by atoms with Crippen LogP contribution in [0.2, 0.25) is 0 Å². The predicted molar refractivity (Wildman–Crippen MR) is 533 cm³/mol. The van der Waals surface area contributed by atoms with Crippen LogP contribution in [0.5, 0.6) is 0 Å². The highest BCUT2D eigenvalue weighted by molar-refractivity contribution is 7.85. The van der Waals surface area contributed by atoms with Crippen molar-refractivity contribution in [2.45, 2.75) is 19.3 Å². The third kappa shape index (κ3) is 14.9. The minimum Gasteiger partial charge on any atom is -0.309 e. The highest BCUT2D eigenvalue weighted by Gasteiger charge is 2.36. The molecular formula is C119H81N8OP. The molecule has 10 heteroatoms. The Morgan fingerprint density at radius 2 is 0.442 bits per heavy atom. The molecule has 1 aliphatic rings. The number of hydrogen-bond donors (Lipinski definition) is 0. The van der Waals surface area contributed by atoms with Gasteiger partial charge in [0.05, 0.1) is 22.4 Å². The summed E-state index contributed by atoms with van der Waals surface area (Å²) in [5.74, 6) is 3.60. The second-order valence-corrected chi connectivity index (χ2v) is 35.9. The van der Waals surface area contributed by atoms with Crippen molar-refractivity contribution >= 4 is 66.4 Å². The monoisotopic (exact) mass is 1670 g/mol. The number of benzene rings is 18. The highest BCUT2D eigenvalue weighted by atomic mass is 31.2. The highest BCUT2D eigenvalue weighted by Crippen LogP contribution is 2.51. The Bertz CT molecular complexity index is 7970. The van der Waals surface area contributed by atoms with E-state index in [2.05, 4.69) is 311 Å². The summed E-state index contributed by atoms with van der Waals surface area (Å²) in [6, 6.07) is 157. The molecule has 0 radical (unpaired) electrons. The molecule has 608 valence electrons. The van der Waals surface area contributed by atoms with Gasteiger partial charge >= 0.3 is 0 Å². The summed E-state index contributed by atoms with van der Waals surface area (Å²) >= 11 is 0. The zero-order chi connectivity index (χ0) is 86.4. The van der Waals surface area contributed by atoms with E-state index < -0.39 is 7.14 Å². The molecule has 0 amide bonds. The molecule has 0 saturated carbocycles. The smallest absolute Gasteiger partial charge is 0.171 e. The first-order chi connectivity index (χ1) is 63.6. The minimum atomic E-state index is -3.14. The third-order valence-corrected chi connectivity index (χ3v) is 28.1. The lowest BCUT2D eigenvalue weighted by molar-refractivity contribution is 0.592. The van der Waals surface area contributed by atoms with Crippen molar-refractivity contribution in [2.24, 2.45) is 0 Å². The van der Waals surface area contributed by atoms with Crippen molar-refractivity contribution in [1.29, 1.82) is 0 Å². The lowest BCUT2D eigenvalue weighted by Crippen LogP contribution is -2.24. The van der Waals surface area contributed by atoms with Gasteiger partial charge < -0.3 is 4.57 Å². The molecule has 22 aromatic rings. The summed E-state index contributed by atoms with van der Waals surface area (Å²) in [5.41, 5.74) is 28.4. The molecule has 0 atom stereocenters. The first-order valence-corrected chi connectivity index (χ1v) is 45.2. The zero-order valence-corrected chi connectivity index (χ0v) is 71.6. The Hall–Kier alpha value is -16.5. The van der Waals surface area contributed by atoms with E-state index in [1.165, 1.54) is 49.7 Å². The minimum absolute atomic E-state index is 0.0551. The number of aromatic nitrogens is 8. The van der Waals surface area contributed by atoms with Gasteiger partial charge in [-0.25, -0.2) is 39.9 Å². The Morgan fingerprint density at radius 1 is 0.186 bits per heavy atom. The second-order valence-electron chi connectivity index (χ2n) is 33.1. The van der Waals surface area contributed by atoms with Gasteiger partial charge in [0.25, 0.3) is 0 Å². The Kier molecular flexibility index (Phi) is 20.4. The summed E-state index contributed by atoms with van der Waals surface area (Å²) in [6.07, 6.45) is 0. The van der Waals surface area contributed by atoms with Gasteiger partial charge in [-0.1, -0.05) is 451 Å². The van der Waals surface area contributed by atoms with E-state index in [1.807, 2.05) is 158 Å². The molecule has 0 spiro atoms. The maximum atomic E-state index is 15.1. The maximum absolute atomic E-state index is 15.1. The molecule has 0 N–H and O–H groups in total. The molecule has 0 saturated heterocycles. The average molecular weight is 1670 g/mol. The van der Waals surface area contributed by atoms with Crippen LogP contribution in [-0.2, 0) is 9.98 Å². The topological polar surface area (TPSA) is 120 Å². The van der Waals surface area contributed by atoms with Crippen LogP contribution in [0.3, 0.4) is 0 Å². The van der Waals surface area contributed by atoms with Crippen molar-refractivity contribution < 1.29 is 4.57 Å². The summed E-state index contributed by atoms with van der Waals surface area (Å²) in [7, 11) is -3.14. The Balaban J connectivity index is 0.000000152. The first-order valence-electron chi connectivity index (χ1n) is 43.5. The van der Waals surface area contributed by atoms with Gasteiger partial charge in [-0.05, 0) is 96.1 Å². The standard InChI is InChI=1S/C61H42N4.C58H39N4OP/c1-61(2)53-22-11-9-18-49(53)50-37-36-47(38-54(50)61)41-28-34-46(35-29-41)60-64-58(44-16-7-4-8-17-44)63-59(65-60)45-32-26-40(27-33-45)39-24-30-42(31-25-39)48-20-13-21-52-56(48)51-19-10-12-23-55(51)62-57(52)43-14-5-3-6-15-43;63-64(47-20-9-3-10-21-47,48-22-11-4-12-23-48)49-38-36-46(37-39-49)58-61-56(44-18-7-2-8-19-44)60-57(62-58)45-34-30-41(31-35-45)40-28-32-42(33-29-40)50-25-15-26-52-54(50)51-24-13-14-27-53(51)59-55(52)43-16-5-1-6-17-43/h3-38H,1-2H3;1-39H. The molecule has 9 nitrogen and oxygen atoms in total. The van der Waals surface area contributed by atoms with Crippen molar-refractivity contribution in [2.75, 3.05) is 0 Å². The summed E-state index contributed by atoms with van der Waals surface area (Å²) < 4.78 is 15.1. The van der Waals surface area contributed by atoms with E-state index >= 15 is 4.57 Å². The van der Waals surface area contributed by atoms with Crippen LogP contribution in [0.25, 0.3) is 201 Å². The Labute approximate surface area is 748 Å². The van der Waals surface area contributed by atoms with Crippen molar-refractivity contribution in [3.05, 3.63) is 466 Å². The van der Waals surface area contributed by atoms with Crippen LogP contribution in [0.4, 0.5) is 0 Å². The van der Waals surface area contributed by atoms with Crippen molar-refractivity contribution in [3.8, 4) is 158 Å². The lowest BCUT2D eigenvalue weighted by Gasteiger charge is -2.22. The third-order valence-electron chi connectivity index (χ3n) is 25.0. The van der Waals surface area contributed by atoms with Crippen molar-refractivity contribution in [1.82, 2.24) is 39.9 Å². The van der Waals surface area contributed by atoms with E-state index in [1.54, 1.807) is 0 Å². The number of fused-ring (bicyclic) bond motifs is 9. The van der Waals surface area contributed by atoms with Gasteiger partial charge in [0, 0.05) is 98.2 Å². The number of para-hydroxylation sites is 2. The molecule has 0 fully saturated rings.